The highest BCUT2D eigenvalue weighted by Crippen LogP contribution is 2.26. The van der Waals surface area contributed by atoms with E-state index in [2.05, 4.69) is 5.92 Å². The number of thioether (sulfide) groups is 1. The van der Waals surface area contributed by atoms with E-state index in [0.29, 0.717) is 16.4 Å². The van der Waals surface area contributed by atoms with Crippen LogP contribution >= 0.6 is 11.8 Å². The van der Waals surface area contributed by atoms with Crippen LogP contribution in [0, 0.1) is 11.8 Å². The minimum absolute atomic E-state index is 0.344. The van der Waals surface area contributed by atoms with Crippen LogP contribution in [0.5, 0.6) is 0 Å². The second-order valence-corrected chi connectivity index (χ2v) is 5.21. The topological polar surface area (TPSA) is 54.4 Å². The maximum Gasteiger partial charge on any atom is 0.382 e. The summed E-state index contributed by atoms with van der Waals surface area (Å²) in [5.41, 5.74) is 1.20. The minimum atomic E-state index is -1.16. The van der Waals surface area contributed by atoms with Crippen LogP contribution in [0.15, 0.2) is 23.1 Å². The Hall–Kier alpha value is -1.73. The van der Waals surface area contributed by atoms with Crippen molar-refractivity contribution in [3.8, 4) is 11.8 Å². The largest absolute Gasteiger partial charge is 0.472 e. The van der Waals surface area contributed by atoms with E-state index in [1.165, 1.54) is 0 Å². The summed E-state index contributed by atoms with van der Waals surface area (Å²) in [4.78, 5) is 22.0. The second kappa shape index (κ2) is 6.12. The third-order valence-electron chi connectivity index (χ3n) is 1.82. The van der Waals surface area contributed by atoms with Crippen molar-refractivity contribution in [1.29, 1.82) is 0 Å². The lowest BCUT2D eigenvalue weighted by Gasteiger charge is -2.07. The molecule has 0 spiro atoms. The predicted octanol–water partition coefficient (Wildman–Crippen LogP) is 2.44. The monoisotopic (exact) mass is 248 g/mol. The molecule has 0 aromatic heterocycles. The number of aldehydes is 1. The Balaban J connectivity index is 3.09. The van der Waals surface area contributed by atoms with Gasteiger partial charge in [0.25, 0.3) is 0 Å². The maximum absolute atomic E-state index is 10.8. The van der Waals surface area contributed by atoms with E-state index in [4.69, 9.17) is 5.11 Å². The van der Waals surface area contributed by atoms with Gasteiger partial charge in [-0.15, -0.1) is 11.8 Å². The first-order chi connectivity index (χ1) is 8.02. The summed E-state index contributed by atoms with van der Waals surface area (Å²) in [7, 11) is 0. The van der Waals surface area contributed by atoms with E-state index in [-0.39, 0.29) is 0 Å². The van der Waals surface area contributed by atoms with Gasteiger partial charge < -0.3 is 5.11 Å². The van der Waals surface area contributed by atoms with Crippen LogP contribution in [-0.2, 0) is 4.79 Å². The maximum atomic E-state index is 10.8. The van der Waals surface area contributed by atoms with Crippen molar-refractivity contribution >= 4 is 24.0 Å². The van der Waals surface area contributed by atoms with Gasteiger partial charge in [-0.25, -0.2) is 4.79 Å². The minimum Gasteiger partial charge on any atom is -0.472 e. The van der Waals surface area contributed by atoms with Crippen molar-refractivity contribution in [2.24, 2.45) is 0 Å². The van der Waals surface area contributed by atoms with Crippen LogP contribution in [0.25, 0.3) is 0 Å². The molecule has 0 heterocycles. The molecule has 1 rings (SSSR count). The van der Waals surface area contributed by atoms with Gasteiger partial charge in [0.1, 0.15) is 0 Å². The van der Waals surface area contributed by atoms with Gasteiger partial charge in [-0.1, -0.05) is 19.8 Å². The van der Waals surface area contributed by atoms with Gasteiger partial charge in [0.15, 0.2) is 6.29 Å². The van der Waals surface area contributed by atoms with Crippen LogP contribution in [0.1, 0.15) is 29.8 Å². The molecular weight excluding hydrogens is 236 g/mol. The molecule has 0 saturated carbocycles. The second-order valence-electron chi connectivity index (χ2n) is 3.59. The van der Waals surface area contributed by atoms with Crippen LogP contribution in [0.4, 0.5) is 0 Å². The van der Waals surface area contributed by atoms with Gasteiger partial charge in [0.2, 0.25) is 0 Å². The lowest BCUT2D eigenvalue weighted by atomic mass is 10.1. The molecule has 1 aromatic carbocycles. The molecule has 17 heavy (non-hydrogen) atoms. The third-order valence-corrected chi connectivity index (χ3v) is 2.90. The zero-order valence-corrected chi connectivity index (χ0v) is 10.4. The first-order valence-electron chi connectivity index (χ1n) is 5.03. The number of aliphatic carboxylic acids is 1. The highest BCUT2D eigenvalue weighted by Gasteiger charge is 2.05. The molecular formula is C13H12O3S. The Morgan fingerprint density at radius 2 is 2.18 bits per heavy atom. The van der Waals surface area contributed by atoms with Gasteiger partial charge in [0.05, 0.1) is 0 Å². The van der Waals surface area contributed by atoms with E-state index in [1.54, 1.807) is 30.0 Å². The Labute approximate surface area is 104 Å². The number of carboxylic acid groups (broad SMARTS) is 1. The van der Waals surface area contributed by atoms with E-state index in [0.717, 1.165) is 11.2 Å². The highest BCUT2D eigenvalue weighted by atomic mass is 32.2. The smallest absolute Gasteiger partial charge is 0.382 e. The zero-order chi connectivity index (χ0) is 12.8. The zero-order valence-electron chi connectivity index (χ0n) is 9.56. The highest BCUT2D eigenvalue weighted by molar-refractivity contribution is 8.00. The van der Waals surface area contributed by atoms with Gasteiger partial charge in [-0.3, -0.25) is 4.79 Å². The molecule has 0 amide bonds. The standard InChI is InChI=1S/C13H12O3S/c1-9(2)17-12-7-10(4-6-13(15)16)3-5-11(12)8-14/h3,5,7-9H,1-2H3,(H,15,16). The fraction of sp³-hybridized carbons (Fsp3) is 0.231. The van der Waals surface area contributed by atoms with Gasteiger partial charge in [0, 0.05) is 27.2 Å². The molecule has 0 radical (unpaired) electrons. The fourth-order valence-corrected chi connectivity index (χ4v) is 2.15. The predicted molar refractivity (Wildman–Crippen MR) is 67.3 cm³/mol. The van der Waals surface area contributed by atoms with Gasteiger partial charge >= 0.3 is 5.97 Å². The molecule has 88 valence electrons. The fourth-order valence-electron chi connectivity index (χ4n) is 1.19. The molecule has 0 bridgehead atoms. The molecule has 4 heteroatoms. The third kappa shape index (κ3) is 4.33. The first-order valence-corrected chi connectivity index (χ1v) is 5.91. The van der Waals surface area contributed by atoms with Crippen molar-refractivity contribution in [3.63, 3.8) is 0 Å². The summed E-state index contributed by atoms with van der Waals surface area (Å²) in [6, 6.07) is 5.04. The molecule has 3 nitrogen and oxygen atoms in total. The molecule has 0 unspecified atom stereocenters. The van der Waals surface area contributed by atoms with Gasteiger partial charge in [-0.2, -0.15) is 0 Å². The van der Waals surface area contributed by atoms with Crippen LogP contribution in [0.2, 0.25) is 0 Å². The number of carboxylic acids is 1. The lowest BCUT2D eigenvalue weighted by Crippen LogP contribution is -1.93. The quantitative estimate of drug-likeness (QED) is 0.507. The molecule has 0 aliphatic rings. The van der Waals surface area contributed by atoms with E-state index in [1.807, 2.05) is 19.8 Å². The SMILES string of the molecule is CC(C)Sc1cc(C#CC(=O)O)ccc1C=O. The number of benzene rings is 1. The summed E-state index contributed by atoms with van der Waals surface area (Å²) in [5.74, 6) is 3.41. The normalized spacial score (nSPS) is 9.59. The Morgan fingerprint density at radius 1 is 1.47 bits per heavy atom. The Bertz CT molecular complexity index is 495. The summed E-state index contributed by atoms with van der Waals surface area (Å²) in [5, 5.41) is 8.80. The average molecular weight is 248 g/mol. The molecule has 1 aromatic rings. The number of hydrogen-bond donors (Lipinski definition) is 1. The summed E-state index contributed by atoms with van der Waals surface area (Å²) in [6.07, 6.45) is 0.791. The van der Waals surface area contributed by atoms with Crippen LogP contribution < -0.4 is 0 Å². The van der Waals surface area contributed by atoms with E-state index >= 15 is 0 Å². The van der Waals surface area contributed by atoms with Crippen molar-refractivity contribution in [2.45, 2.75) is 24.0 Å². The number of rotatable bonds is 3. The van der Waals surface area contributed by atoms with E-state index < -0.39 is 5.97 Å². The van der Waals surface area contributed by atoms with Crippen molar-refractivity contribution in [1.82, 2.24) is 0 Å². The van der Waals surface area contributed by atoms with Crippen LogP contribution in [0.3, 0.4) is 0 Å². The van der Waals surface area contributed by atoms with Gasteiger partial charge in [-0.05, 0) is 18.2 Å². The molecule has 0 fully saturated rings. The molecule has 1 N–H and O–H groups in total. The Morgan fingerprint density at radius 3 is 2.71 bits per heavy atom. The molecule has 0 aliphatic carbocycles. The van der Waals surface area contributed by atoms with E-state index in [9.17, 15) is 9.59 Å². The lowest BCUT2D eigenvalue weighted by molar-refractivity contribution is -0.130. The summed E-state index contributed by atoms with van der Waals surface area (Å²) >= 11 is 1.55. The first kappa shape index (κ1) is 13.3. The Kier molecular flexibility index (Phi) is 4.80. The molecule has 0 atom stereocenters. The molecule has 0 saturated heterocycles. The number of carbonyl (C=O) groups is 2. The van der Waals surface area contributed by atoms with Crippen LogP contribution in [-0.4, -0.2) is 22.6 Å². The number of carbonyl (C=O) groups excluding carboxylic acids is 1. The van der Waals surface area contributed by atoms with Crippen molar-refractivity contribution in [2.75, 3.05) is 0 Å². The van der Waals surface area contributed by atoms with Crippen molar-refractivity contribution in [3.05, 3.63) is 29.3 Å². The molecule has 0 aliphatic heterocycles. The number of hydrogen-bond acceptors (Lipinski definition) is 3. The average Bonchev–Trinajstić information content (AvgIpc) is 2.25. The summed E-state index contributed by atoms with van der Waals surface area (Å²) < 4.78 is 0. The summed E-state index contributed by atoms with van der Waals surface area (Å²) in [6.45, 7) is 4.05. The van der Waals surface area contributed by atoms with Crippen molar-refractivity contribution < 1.29 is 14.7 Å².